The molecule has 2 aromatic heterocycles. The van der Waals surface area contributed by atoms with Crippen LogP contribution >= 0.6 is 0 Å². The largest absolute Gasteiger partial charge is 0.492 e. The molecule has 0 aliphatic carbocycles. The van der Waals surface area contributed by atoms with Crippen LogP contribution in [-0.2, 0) is 0 Å². The summed E-state index contributed by atoms with van der Waals surface area (Å²) in [7, 11) is 1.47. The maximum atomic E-state index is 11.0. The number of aromatic carboxylic acids is 1. The van der Waals surface area contributed by atoms with Gasteiger partial charge in [0, 0.05) is 5.56 Å². The van der Waals surface area contributed by atoms with Gasteiger partial charge in [-0.05, 0) is 25.0 Å². The van der Waals surface area contributed by atoms with E-state index in [4.69, 9.17) is 14.6 Å². The van der Waals surface area contributed by atoms with E-state index in [0.29, 0.717) is 11.4 Å². The molecule has 0 aliphatic rings. The van der Waals surface area contributed by atoms with Crippen molar-refractivity contribution < 1.29 is 19.4 Å². The summed E-state index contributed by atoms with van der Waals surface area (Å²) < 4.78 is 10.5. The Balaban J connectivity index is 1.91. The topological polar surface area (TPSA) is 123 Å². The van der Waals surface area contributed by atoms with Crippen molar-refractivity contribution in [3.63, 3.8) is 0 Å². The zero-order valence-corrected chi connectivity index (χ0v) is 13.8. The number of carbonyl (C=O) groups is 1. The summed E-state index contributed by atoms with van der Waals surface area (Å²) in [5, 5.41) is 18.2. The molecule has 130 valence electrons. The van der Waals surface area contributed by atoms with E-state index in [2.05, 4.69) is 37.2 Å². The number of hydrogen-bond donors (Lipinski definition) is 2. The highest BCUT2D eigenvalue weighted by Crippen LogP contribution is 2.21. The number of ether oxygens (including phenoxy) is 2. The number of aryl methyl sites for hydroxylation is 1. The lowest BCUT2D eigenvalue weighted by Gasteiger charge is -2.04. The van der Waals surface area contributed by atoms with Crippen molar-refractivity contribution >= 4 is 5.97 Å². The Morgan fingerprint density at radius 3 is 2.69 bits per heavy atom. The summed E-state index contributed by atoms with van der Waals surface area (Å²) in [5.41, 5.74) is 1.92. The Labute approximate surface area is 148 Å². The van der Waals surface area contributed by atoms with E-state index in [1.54, 1.807) is 0 Å². The quantitative estimate of drug-likeness (QED) is 0.682. The Hall–Kier alpha value is -3.93. The van der Waals surface area contributed by atoms with Crippen LogP contribution < -0.4 is 9.47 Å². The number of H-pyrrole nitrogens is 1. The molecule has 0 amide bonds. The molecule has 0 fully saturated rings. The maximum absolute atomic E-state index is 11.0. The summed E-state index contributed by atoms with van der Waals surface area (Å²) in [6, 6.07) is 7.56. The highest BCUT2D eigenvalue weighted by Gasteiger charge is 2.18. The molecule has 0 atom stereocenters. The molecular formula is C17H13N5O4. The van der Waals surface area contributed by atoms with Crippen LogP contribution in [0.15, 0.2) is 30.5 Å². The maximum Gasteiger partial charge on any atom is 0.359 e. The van der Waals surface area contributed by atoms with Gasteiger partial charge in [0.1, 0.15) is 0 Å². The van der Waals surface area contributed by atoms with Gasteiger partial charge in [0.2, 0.25) is 5.69 Å². The highest BCUT2D eigenvalue weighted by molar-refractivity contribution is 5.87. The Bertz CT molecular complexity index is 1000. The molecule has 0 bridgehead atoms. The molecule has 0 aliphatic heterocycles. The SMILES string of the molecule is COc1cnc(Oc2nn[nH]c2C(=O)O)nc1C#Cc1ccc(C)cc1. The third kappa shape index (κ3) is 3.76. The van der Waals surface area contributed by atoms with Crippen molar-refractivity contribution in [2.24, 2.45) is 0 Å². The molecule has 9 nitrogen and oxygen atoms in total. The fourth-order valence-corrected chi connectivity index (χ4v) is 1.93. The first-order chi connectivity index (χ1) is 12.6. The van der Waals surface area contributed by atoms with E-state index >= 15 is 0 Å². The number of aromatic amines is 1. The molecular weight excluding hydrogens is 338 g/mol. The number of nitrogens with one attached hydrogen (secondary N) is 1. The van der Waals surface area contributed by atoms with Crippen LogP contribution in [0, 0.1) is 18.8 Å². The van der Waals surface area contributed by atoms with Crippen LogP contribution in [0.1, 0.15) is 27.3 Å². The van der Waals surface area contributed by atoms with Crippen LogP contribution in [0.2, 0.25) is 0 Å². The number of methoxy groups -OCH3 is 1. The average molecular weight is 351 g/mol. The van der Waals surface area contributed by atoms with E-state index in [0.717, 1.165) is 11.1 Å². The predicted octanol–water partition coefficient (Wildman–Crippen LogP) is 1.80. The van der Waals surface area contributed by atoms with E-state index in [9.17, 15) is 4.79 Å². The third-order valence-corrected chi connectivity index (χ3v) is 3.25. The van der Waals surface area contributed by atoms with Crippen LogP contribution in [0.4, 0.5) is 0 Å². The minimum atomic E-state index is -1.27. The van der Waals surface area contributed by atoms with Crippen molar-refractivity contribution in [3.8, 4) is 29.5 Å². The van der Waals surface area contributed by atoms with Gasteiger partial charge in [0.05, 0.1) is 13.3 Å². The zero-order chi connectivity index (χ0) is 18.5. The molecule has 26 heavy (non-hydrogen) atoms. The number of rotatable bonds is 4. The fraction of sp³-hybridized carbons (Fsp3) is 0.118. The molecule has 9 heteroatoms. The van der Waals surface area contributed by atoms with Crippen LogP contribution in [0.3, 0.4) is 0 Å². The fourth-order valence-electron chi connectivity index (χ4n) is 1.93. The van der Waals surface area contributed by atoms with Crippen LogP contribution in [0.25, 0.3) is 0 Å². The number of nitrogens with zero attached hydrogens (tertiary/aromatic N) is 4. The first-order valence-electron chi connectivity index (χ1n) is 7.38. The average Bonchev–Trinajstić information content (AvgIpc) is 3.10. The van der Waals surface area contributed by atoms with Crippen molar-refractivity contribution in [2.75, 3.05) is 7.11 Å². The van der Waals surface area contributed by atoms with Crippen molar-refractivity contribution in [3.05, 3.63) is 53.0 Å². The van der Waals surface area contributed by atoms with E-state index in [-0.39, 0.29) is 17.6 Å². The summed E-state index contributed by atoms with van der Waals surface area (Å²) in [4.78, 5) is 19.1. The van der Waals surface area contributed by atoms with Gasteiger partial charge in [-0.2, -0.15) is 9.97 Å². The molecule has 3 rings (SSSR count). The van der Waals surface area contributed by atoms with Gasteiger partial charge in [-0.3, -0.25) is 0 Å². The second-order valence-electron chi connectivity index (χ2n) is 5.08. The Morgan fingerprint density at radius 2 is 2.00 bits per heavy atom. The van der Waals surface area contributed by atoms with Gasteiger partial charge in [-0.25, -0.2) is 9.89 Å². The molecule has 0 unspecified atom stereocenters. The van der Waals surface area contributed by atoms with E-state index < -0.39 is 5.97 Å². The molecule has 2 heterocycles. The van der Waals surface area contributed by atoms with Gasteiger partial charge < -0.3 is 14.6 Å². The second kappa shape index (κ2) is 7.31. The molecule has 0 radical (unpaired) electrons. The predicted molar refractivity (Wildman–Crippen MR) is 89.2 cm³/mol. The molecule has 0 saturated carbocycles. The molecule has 1 aromatic carbocycles. The van der Waals surface area contributed by atoms with Crippen molar-refractivity contribution in [2.45, 2.75) is 6.92 Å². The first-order valence-corrected chi connectivity index (χ1v) is 7.38. The number of benzene rings is 1. The summed E-state index contributed by atoms with van der Waals surface area (Å²) in [6.07, 6.45) is 1.38. The van der Waals surface area contributed by atoms with Crippen molar-refractivity contribution in [1.29, 1.82) is 0 Å². The van der Waals surface area contributed by atoms with Gasteiger partial charge >= 0.3 is 12.0 Å². The van der Waals surface area contributed by atoms with Gasteiger partial charge in [-0.15, -0.1) is 0 Å². The van der Waals surface area contributed by atoms with Gasteiger partial charge in [0.25, 0.3) is 5.88 Å². The number of carboxylic acid groups (broad SMARTS) is 1. The minimum absolute atomic E-state index is 0.129. The summed E-state index contributed by atoms with van der Waals surface area (Å²) in [6.45, 7) is 1.99. The Kier molecular flexibility index (Phi) is 4.76. The standard InChI is InChI=1S/C17H13N5O4/c1-10-3-5-11(6-4-10)7-8-12-13(25-2)9-18-17(19-12)26-15-14(16(23)24)20-22-21-15/h3-6,9H,1-2H3,(H,23,24)(H,20,21,22). The van der Waals surface area contributed by atoms with Crippen molar-refractivity contribution in [1.82, 2.24) is 25.4 Å². The normalized spacial score (nSPS) is 9.92. The van der Waals surface area contributed by atoms with Gasteiger partial charge in [0.15, 0.2) is 11.4 Å². The third-order valence-electron chi connectivity index (χ3n) is 3.25. The van der Waals surface area contributed by atoms with Crippen LogP contribution in [0.5, 0.6) is 17.6 Å². The van der Waals surface area contributed by atoms with E-state index in [1.807, 2.05) is 31.2 Å². The number of aromatic nitrogens is 5. The lowest BCUT2D eigenvalue weighted by Crippen LogP contribution is -2.02. The molecule has 0 spiro atoms. The lowest BCUT2D eigenvalue weighted by atomic mass is 10.1. The monoisotopic (exact) mass is 351 g/mol. The molecule has 3 aromatic rings. The first kappa shape index (κ1) is 16.9. The Morgan fingerprint density at radius 1 is 1.23 bits per heavy atom. The van der Waals surface area contributed by atoms with Crippen LogP contribution in [-0.4, -0.2) is 43.6 Å². The second-order valence-corrected chi connectivity index (χ2v) is 5.08. The minimum Gasteiger partial charge on any atom is -0.492 e. The summed E-state index contributed by atoms with van der Waals surface area (Å²) in [5.74, 6) is 4.71. The lowest BCUT2D eigenvalue weighted by molar-refractivity contribution is 0.0687. The van der Waals surface area contributed by atoms with Gasteiger partial charge in [-0.1, -0.05) is 33.9 Å². The number of carboxylic acids is 1. The molecule has 2 N–H and O–H groups in total. The highest BCUT2D eigenvalue weighted by atomic mass is 16.5. The number of hydrogen-bond acceptors (Lipinski definition) is 7. The van der Waals surface area contributed by atoms with E-state index in [1.165, 1.54) is 13.3 Å². The zero-order valence-electron chi connectivity index (χ0n) is 13.8. The smallest absolute Gasteiger partial charge is 0.359 e. The molecule has 0 saturated heterocycles. The summed E-state index contributed by atoms with van der Waals surface area (Å²) >= 11 is 0.